The molecule has 0 saturated carbocycles. The van der Waals surface area contributed by atoms with E-state index in [2.05, 4.69) is 39.8 Å². The van der Waals surface area contributed by atoms with E-state index in [1.54, 1.807) is 0 Å². The van der Waals surface area contributed by atoms with E-state index >= 15 is 0 Å². The summed E-state index contributed by atoms with van der Waals surface area (Å²) in [5, 5.41) is 22.3. The molecule has 0 aliphatic rings. The van der Waals surface area contributed by atoms with Gasteiger partial charge in [0.05, 0.1) is 28.5 Å². The predicted octanol–water partition coefficient (Wildman–Crippen LogP) is 2.91. The molecule has 0 aliphatic carbocycles. The third kappa shape index (κ3) is 4.08. The number of aromatic nitrogens is 4. The molecular weight excluding hydrogens is 360 g/mol. The Hall–Kier alpha value is -3.49. The number of anilines is 1. The van der Waals surface area contributed by atoms with Gasteiger partial charge in [0.25, 0.3) is 0 Å². The van der Waals surface area contributed by atoms with Gasteiger partial charge >= 0.3 is 5.69 Å². The molecule has 3 rings (SSSR count). The molecule has 1 aromatic carbocycles. The van der Waals surface area contributed by atoms with E-state index < -0.39 is 4.92 Å². The lowest BCUT2D eigenvalue weighted by molar-refractivity contribution is -0.385. The summed E-state index contributed by atoms with van der Waals surface area (Å²) in [6, 6.07) is 8.21. The van der Waals surface area contributed by atoms with Crippen LogP contribution in [0, 0.1) is 37.8 Å². The second-order valence-corrected chi connectivity index (χ2v) is 6.79. The molecule has 1 amide bonds. The first-order valence-corrected chi connectivity index (χ1v) is 8.82. The summed E-state index contributed by atoms with van der Waals surface area (Å²) in [6.07, 6.45) is 1.26. The molecule has 9 nitrogen and oxygen atoms in total. The average Bonchev–Trinajstić information content (AvgIpc) is 3.11. The summed E-state index contributed by atoms with van der Waals surface area (Å²) in [5.41, 5.74) is 4.68. The molecule has 0 spiro atoms. The van der Waals surface area contributed by atoms with Crippen molar-refractivity contribution >= 4 is 17.3 Å². The predicted molar refractivity (Wildman–Crippen MR) is 104 cm³/mol. The van der Waals surface area contributed by atoms with E-state index in [1.165, 1.54) is 23.4 Å². The third-order valence-electron chi connectivity index (χ3n) is 4.52. The van der Waals surface area contributed by atoms with E-state index in [4.69, 9.17) is 0 Å². The monoisotopic (exact) mass is 382 g/mol. The van der Waals surface area contributed by atoms with Gasteiger partial charge in [-0.15, -0.1) is 0 Å². The highest BCUT2D eigenvalue weighted by molar-refractivity contribution is 5.91. The van der Waals surface area contributed by atoms with Crippen molar-refractivity contribution in [2.45, 2.75) is 40.8 Å². The van der Waals surface area contributed by atoms with E-state index in [0.717, 1.165) is 11.3 Å². The number of amides is 1. The molecule has 0 radical (unpaired) electrons. The quantitative estimate of drug-likeness (QED) is 0.521. The van der Waals surface area contributed by atoms with Crippen LogP contribution < -0.4 is 5.32 Å². The summed E-state index contributed by atoms with van der Waals surface area (Å²) >= 11 is 0. The summed E-state index contributed by atoms with van der Waals surface area (Å²) in [5.74, 6) is -0.321. The normalized spacial score (nSPS) is 10.9. The Balaban J connectivity index is 1.72. The van der Waals surface area contributed by atoms with E-state index in [9.17, 15) is 14.9 Å². The van der Waals surface area contributed by atoms with Crippen LogP contribution in [0.25, 0.3) is 0 Å². The van der Waals surface area contributed by atoms with Gasteiger partial charge in [0, 0.05) is 0 Å². The first kappa shape index (κ1) is 19.3. The standard InChI is InChI=1S/C19H22N6O3/c1-12-5-7-16(8-6-12)9-24-15(4)19(14(3)22-24)20-18(26)11-23-10-17(25(27)28)13(2)21-23/h5-8,10H,9,11H2,1-4H3,(H,20,26). The number of hydrogen-bond acceptors (Lipinski definition) is 5. The highest BCUT2D eigenvalue weighted by Crippen LogP contribution is 2.21. The van der Waals surface area contributed by atoms with Crippen LogP contribution in [0.3, 0.4) is 0 Å². The van der Waals surface area contributed by atoms with Crippen molar-refractivity contribution in [2.24, 2.45) is 0 Å². The average molecular weight is 382 g/mol. The number of aryl methyl sites for hydroxylation is 3. The van der Waals surface area contributed by atoms with Crippen LogP contribution in [0.15, 0.2) is 30.5 Å². The van der Waals surface area contributed by atoms with Crippen LogP contribution in [-0.2, 0) is 17.9 Å². The number of carbonyl (C=O) groups excluding carboxylic acids is 1. The molecular formula is C19H22N6O3. The van der Waals surface area contributed by atoms with Gasteiger partial charge in [-0.2, -0.15) is 10.2 Å². The fourth-order valence-corrected chi connectivity index (χ4v) is 2.99. The van der Waals surface area contributed by atoms with Crippen molar-refractivity contribution in [1.82, 2.24) is 19.6 Å². The van der Waals surface area contributed by atoms with Crippen LogP contribution >= 0.6 is 0 Å². The van der Waals surface area contributed by atoms with Crippen LogP contribution in [0.4, 0.5) is 11.4 Å². The fraction of sp³-hybridized carbons (Fsp3) is 0.316. The van der Waals surface area contributed by atoms with Crippen molar-refractivity contribution < 1.29 is 9.72 Å². The molecule has 28 heavy (non-hydrogen) atoms. The van der Waals surface area contributed by atoms with Crippen molar-refractivity contribution in [1.29, 1.82) is 0 Å². The van der Waals surface area contributed by atoms with Gasteiger partial charge in [0.1, 0.15) is 18.4 Å². The molecule has 3 aromatic rings. The molecule has 0 bridgehead atoms. The Bertz CT molecular complexity index is 1030. The first-order valence-electron chi connectivity index (χ1n) is 8.82. The van der Waals surface area contributed by atoms with Gasteiger partial charge in [0.15, 0.2) is 0 Å². The van der Waals surface area contributed by atoms with Gasteiger partial charge in [0.2, 0.25) is 5.91 Å². The lowest BCUT2D eigenvalue weighted by Crippen LogP contribution is -2.20. The maximum Gasteiger partial charge on any atom is 0.309 e. The lowest BCUT2D eigenvalue weighted by Gasteiger charge is -2.08. The zero-order valence-corrected chi connectivity index (χ0v) is 16.3. The highest BCUT2D eigenvalue weighted by Gasteiger charge is 2.18. The number of benzene rings is 1. The smallest absolute Gasteiger partial charge is 0.309 e. The largest absolute Gasteiger partial charge is 0.321 e. The molecule has 0 aliphatic heterocycles. The van der Waals surface area contributed by atoms with Crippen molar-refractivity contribution in [3.8, 4) is 0 Å². The Morgan fingerprint density at radius 2 is 1.79 bits per heavy atom. The number of hydrogen-bond donors (Lipinski definition) is 1. The van der Waals surface area contributed by atoms with Crippen LogP contribution in [0.1, 0.15) is 28.2 Å². The number of nitrogens with zero attached hydrogens (tertiary/aromatic N) is 5. The first-order chi connectivity index (χ1) is 13.2. The van der Waals surface area contributed by atoms with Crippen LogP contribution in [0.2, 0.25) is 0 Å². The van der Waals surface area contributed by atoms with Crippen molar-refractivity contribution in [3.05, 3.63) is 68.8 Å². The second kappa shape index (κ2) is 7.63. The molecule has 0 unspecified atom stereocenters. The fourth-order valence-electron chi connectivity index (χ4n) is 2.99. The zero-order chi connectivity index (χ0) is 20.4. The minimum Gasteiger partial charge on any atom is -0.321 e. The Morgan fingerprint density at radius 3 is 2.39 bits per heavy atom. The van der Waals surface area contributed by atoms with Gasteiger partial charge in [-0.3, -0.25) is 24.3 Å². The molecule has 2 aromatic heterocycles. The number of rotatable bonds is 6. The SMILES string of the molecule is Cc1ccc(Cn2nc(C)c(NC(=O)Cn3cc([N+](=O)[O-])c(C)n3)c2C)cc1. The zero-order valence-electron chi connectivity index (χ0n) is 16.3. The molecule has 2 heterocycles. The number of carbonyl (C=O) groups is 1. The van der Waals surface area contributed by atoms with Gasteiger partial charge in [-0.05, 0) is 33.3 Å². The highest BCUT2D eigenvalue weighted by atomic mass is 16.6. The van der Waals surface area contributed by atoms with Crippen LogP contribution in [0.5, 0.6) is 0 Å². The van der Waals surface area contributed by atoms with Gasteiger partial charge < -0.3 is 5.32 Å². The Kier molecular flexibility index (Phi) is 5.25. The Morgan fingerprint density at radius 1 is 1.11 bits per heavy atom. The van der Waals surface area contributed by atoms with Crippen molar-refractivity contribution in [3.63, 3.8) is 0 Å². The minimum absolute atomic E-state index is 0.105. The number of nitrogens with one attached hydrogen (secondary N) is 1. The van der Waals surface area contributed by atoms with Crippen LogP contribution in [-0.4, -0.2) is 30.4 Å². The summed E-state index contributed by atoms with van der Waals surface area (Å²) < 4.78 is 3.11. The van der Waals surface area contributed by atoms with E-state index in [-0.39, 0.29) is 23.8 Å². The minimum atomic E-state index is -0.514. The maximum atomic E-state index is 12.4. The Labute approximate surface area is 162 Å². The second-order valence-electron chi connectivity index (χ2n) is 6.79. The lowest BCUT2D eigenvalue weighted by atomic mass is 10.1. The van der Waals surface area contributed by atoms with E-state index in [0.29, 0.717) is 17.9 Å². The molecule has 9 heteroatoms. The molecule has 0 fully saturated rings. The molecule has 0 atom stereocenters. The maximum absolute atomic E-state index is 12.4. The molecule has 146 valence electrons. The number of nitro groups is 1. The van der Waals surface area contributed by atoms with E-state index in [1.807, 2.05) is 25.5 Å². The summed E-state index contributed by atoms with van der Waals surface area (Å²) in [7, 11) is 0. The molecule has 0 saturated heterocycles. The third-order valence-corrected chi connectivity index (χ3v) is 4.52. The molecule has 1 N–H and O–H groups in total. The van der Waals surface area contributed by atoms with Crippen molar-refractivity contribution in [2.75, 3.05) is 5.32 Å². The van der Waals surface area contributed by atoms with Gasteiger partial charge in [-0.25, -0.2) is 0 Å². The topological polar surface area (TPSA) is 108 Å². The summed E-state index contributed by atoms with van der Waals surface area (Å²) in [4.78, 5) is 22.8. The van der Waals surface area contributed by atoms with Gasteiger partial charge in [-0.1, -0.05) is 29.8 Å². The summed E-state index contributed by atoms with van der Waals surface area (Å²) in [6.45, 7) is 7.79.